The fraction of sp³-hybridized carbons (Fsp3) is 0. The van der Waals surface area contributed by atoms with Crippen LogP contribution >= 0.6 is 0 Å². The average Bonchev–Trinajstić information content (AvgIpc) is 3.85. The molecule has 0 aliphatic heterocycles. The van der Waals surface area contributed by atoms with Crippen molar-refractivity contribution < 1.29 is 13.3 Å². The quantitative estimate of drug-likeness (QED) is 0.192. The summed E-state index contributed by atoms with van der Waals surface area (Å²) in [7, 11) is 0. The molecular formula is C46H27NO3. The summed E-state index contributed by atoms with van der Waals surface area (Å²) in [5, 5.41) is 8.87. The maximum Gasteiger partial charge on any atom is 0.143 e. The van der Waals surface area contributed by atoms with Gasteiger partial charge in [-0.1, -0.05) is 103 Å². The molecular weight excluding hydrogens is 615 g/mol. The SMILES string of the molecule is c1ccc(N(c2ccc3c(c2)oc2ccccc23)c2cccc3oc4ccccc4c23)c(-c2cccc3c2oc2cc4ccccc4cc23)c1. The third-order valence-corrected chi connectivity index (χ3v) is 10.0. The molecule has 11 rings (SSSR count). The van der Waals surface area contributed by atoms with E-state index in [1.807, 2.05) is 30.3 Å². The van der Waals surface area contributed by atoms with Crippen LogP contribution in [0.5, 0.6) is 0 Å². The maximum atomic E-state index is 6.75. The van der Waals surface area contributed by atoms with E-state index in [0.29, 0.717) is 0 Å². The Morgan fingerprint density at radius 3 is 1.84 bits per heavy atom. The Balaban J connectivity index is 1.21. The molecule has 0 spiro atoms. The third kappa shape index (κ3) is 3.93. The Hall–Kier alpha value is -6.78. The smallest absolute Gasteiger partial charge is 0.143 e. The highest BCUT2D eigenvalue weighted by atomic mass is 16.3. The van der Waals surface area contributed by atoms with E-state index < -0.39 is 0 Å². The minimum Gasteiger partial charge on any atom is -0.456 e. The molecule has 4 nitrogen and oxygen atoms in total. The molecule has 234 valence electrons. The maximum absolute atomic E-state index is 6.75. The molecule has 0 aliphatic rings. The van der Waals surface area contributed by atoms with Crippen molar-refractivity contribution in [3.63, 3.8) is 0 Å². The minimum absolute atomic E-state index is 0.835. The Morgan fingerprint density at radius 1 is 0.340 bits per heavy atom. The summed E-state index contributed by atoms with van der Waals surface area (Å²) < 4.78 is 19.6. The normalized spacial score (nSPS) is 12.0. The summed E-state index contributed by atoms with van der Waals surface area (Å²) in [5.41, 5.74) is 10.2. The summed E-state index contributed by atoms with van der Waals surface area (Å²) in [5.74, 6) is 0. The van der Waals surface area contributed by atoms with Gasteiger partial charge in [0.25, 0.3) is 0 Å². The van der Waals surface area contributed by atoms with Crippen molar-refractivity contribution in [1.82, 2.24) is 0 Å². The van der Waals surface area contributed by atoms with Crippen LogP contribution in [0.2, 0.25) is 0 Å². The topological polar surface area (TPSA) is 42.7 Å². The fourth-order valence-corrected chi connectivity index (χ4v) is 7.80. The van der Waals surface area contributed by atoms with Crippen molar-refractivity contribution >= 4 is 93.7 Å². The van der Waals surface area contributed by atoms with Gasteiger partial charge in [-0.25, -0.2) is 0 Å². The zero-order chi connectivity index (χ0) is 32.8. The number of rotatable bonds is 4. The molecule has 0 bridgehead atoms. The molecule has 0 saturated heterocycles. The predicted molar refractivity (Wildman–Crippen MR) is 206 cm³/mol. The first kappa shape index (κ1) is 27.2. The molecule has 0 atom stereocenters. The summed E-state index contributed by atoms with van der Waals surface area (Å²) in [6, 6.07) is 57.1. The van der Waals surface area contributed by atoms with Gasteiger partial charge in [0.15, 0.2) is 0 Å². The number of anilines is 3. The van der Waals surface area contributed by atoms with Crippen LogP contribution in [0, 0.1) is 0 Å². The van der Waals surface area contributed by atoms with Gasteiger partial charge in [-0.2, -0.15) is 0 Å². The van der Waals surface area contributed by atoms with E-state index in [-0.39, 0.29) is 0 Å². The van der Waals surface area contributed by atoms with Gasteiger partial charge in [-0.3, -0.25) is 0 Å². The van der Waals surface area contributed by atoms with E-state index >= 15 is 0 Å². The van der Waals surface area contributed by atoms with E-state index in [1.165, 1.54) is 5.39 Å². The molecule has 0 N–H and O–H groups in total. The number of hydrogen-bond donors (Lipinski definition) is 0. The van der Waals surface area contributed by atoms with Crippen LogP contribution in [-0.4, -0.2) is 0 Å². The van der Waals surface area contributed by atoms with Gasteiger partial charge in [-0.05, 0) is 65.4 Å². The number of nitrogens with zero attached hydrogens (tertiary/aromatic N) is 1. The molecule has 50 heavy (non-hydrogen) atoms. The summed E-state index contributed by atoms with van der Waals surface area (Å²) in [4.78, 5) is 2.34. The van der Waals surface area contributed by atoms with Gasteiger partial charge in [0.1, 0.15) is 33.5 Å². The second-order valence-electron chi connectivity index (χ2n) is 12.9. The predicted octanol–water partition coefficient (Wildman–Crippen LogP) is 13.7. The lowest BCUT2D eigenvalue weighted by Gasteiger charge is -2.28. The minimum atomic E-state index is 0.835. The lowest BCUT2D eigenvalue weighted by molar-refractivity contribution is 0.669. The number of hydrogen-bond acceptors (Lipinski definition) is 4. The van der Waals surface area contributed by atoms with Crippen molar-refractivity contribution in [2.75, 3.05) is 4.90 Å². The lowest BCUT2D eigenvalue weighted by Crippen LogP contribution is -2.11. The monoisotopic (exact) mass is 641 g/mol. The first-order chi connectivity index (χ1) is 24.8. The van der Waals surface area contributed by atoms with Crippen LogP contribution in [0.4, 0.5) is 17.1 Å². The first-order valence-corrected chi connectivity index (χ1v) is 16.8. The van der Waals surface area contributed by atoms with Crippen LogP contribution < -0.4 is 4.90 Å². The molecule has 8 aromatic carbocycles. The van der Waals surface area contributed by atoms with Crippen LogP contribution in [0.3, 0.4) is 0 Å². The molecule has 0 unspecified atom stereocenters. The van der Waals surface area contributed by atoms with Gasteiger partial charge < -0.3 is 18.2 Å². The number of fused-ring (bicyclic) bond motifs is 10. The third-order valence-electron chi connectivity index (χ3n) is 10.0. The molecule has 0 aliphatic carbocycles. The van der Waals surface area contributed by atoms with Crippen LogP contribution in [0.15, 0.2) is 177 Å². The zero-order valence-electron chi connectivity index (χ0n) is 26.8. The highest BCUT2D eigenvalue weighted by Crippen LogP contribution is 2.48. The van der Waals surface area contributed by atoms with E-state index in [1.54, 1.807) is 0 Å². The fourth-order valence-electron chi connectivity index (χ4n) is 7.80. The molecule has 4 heteroatoms. The summed E-state index contributed by atoms with van der Waals surface area (Å²) in [6.45, 7) is 0. The second kappa shape index (κ2) is 10.4. The molecule has 3 heterocycles. The molecule has 0 fully saturated rings. The van der Waals surface area contributed by atoms with Crippen molar-refractivity contribution in [2.45, 2.75) is 0 Å². The van der Waals surface area contributed by atoms with E-state index in [2.05, 4.69) is 138 Å². The van der Waals surface area contributed by atoms with E-state index in [0.717, 1.165) is 99.4 Å². The average molecular weight is 642 g/mol. The second-order valence-corrected chi connectivity index (χ2v) is 12.9. The van der Waals surface area contributed by atoms with Crippen molar-refractivity contribution in [3.8, 4) is 11.1 Å². The number of furan rings is 3. The zero-order valence-corrected chi connectivity index (χ0v) is 26.8. The molecule has 0 radical (unpaired) electrons. The van der Waals surface area contributed by atoms with E-state index in [9.17, 15) is 0 Å². The van der Waals surface area contributed by atoms with Crippen molar-refractivity contribution in [1.29, 1.82) is 0 Å². The van der Waals surface area contributed by atoms with Gasteiger partial charge in [0.2, 0.25) is 0 Å². The van der Waals surface area contributed by atoms with Crippen molar-refractivity contribution in [2.24, 2.45) is 0 Å². The number of para-hydroxylation sites is 4. The van der Waals surface area contributed by atoms with E-state index in [4.69, 9.17) is 13.3 Å². The standard InChI is InChI=1S/C46H27NO3/c1-2-12-29-26-43-37(25-28(29)11-1)35-17-9-16-34(46(35)50-43)31-13-3-6-18-38(31)47(30-23-24-33-32-14-4-7-20-40(32)49-44(33)27-30)39-19-10-22-42-45(39)36-15-5-8-21-41(36)48-42/h1-27H. The highest BCUT2D eigenvalue weighted by Gasteiger charge is 2.24. The summed E-state index contributed by atoms with van der Waals surface area (Å²) >= 11 is 0. The summed E-state index contributed by atoms with van der Waals surface area (Å²) in [6.07, 6.45) is 0. The van der Waals surface area contributed by atoms with Crippen LogP contribution in [0.1, 0.15) is 0 Å². The van der Waals surface area contributed by atoms with Crippen LogP contribution in [0.25, 0.3) is 87.7 Å². The molecule has 11 aromatic rings. The Labute approximate surface area is 286 Å². The van der Waals surface area contributed by atoms with Crippen LogP contribution in [-0.2, 0) is 0 Å². The van der Waals surface area contributed by atoms with Gasteiger partial charge in [-0.15, -0.1) is 0 Å². The van der Waals surface area contributed by atoms with Gasteiger partial charge in [0.05, 0.1) is 16.8 Å². The Bertz CT molecular complexity index is 3120. The highest BCUT2D eigenvalue weighted by molar-refractivity contribution is 6.16. The van der Waals surface area contributed by atoms with Gasteiger partial charge in [0, 0.05) is 49.8 Å². The first-order valence-electron chi connectivity index (χ1n) is 16.8. The number of benzene rings is 8. The Morgan fingerprint density at radius 2 is 0.940 bits per heavy atom. The van der Waals surface area contributed by atoms with Crippen molar-refractivity contribution in [3.05, 3.63) is 164 Å². The molecule has 3 aromatic heterocycles. The molecule has 0 amide bonds. The van der Waals surface area contributed by atoms with Gasteiger partial charge >= 0.3 is 0 Å². The molecule has 0 saturated carbocycles. The largest absolute Gasteiger partial charge is 0.456 e. The Kier molecular flexibility index (Phi) is 5.63. The lowest BCUT2D eigenvalue weighted by atomic mass is 9.98.